The van der Waals surface area contributed by atoms with E-state index in [0.717, 1.165) is 0 Å². The number of hydrogen-bond donors (Lipinski definition) is 4. The Morgan fingerprint density at radius 1 is 0.833 bits per heavy atom. The van der Waals surface area contributed by atoms with E-state index < -0.39 is 11.8 Å². The fourth-order valence-electron chi connectivity index (χ4n) is 2.27. The van der Waals surface area contributed by atoms with Gasteiger partial charge in [-0.1, -0.05) is 0 Å². The number of nitrogens with one attached hydrogen (secondary N) is 2. The summed E-state index contributed by atoms with van der Waals surface area (Å²) in [7, 11) is 2.88. The van der Waals surface area contributed by atoms with Gasteiger partial charge in [-0.3, -0.25) is 9.59 Å². The zero-order valence-electron chi connectivity index (χ0n) is 16.5. The number of benzene rings is 2. The van der Waals surface area contributed by atoms with Gasteiger partial charge >= 0.3 is 0 Å². The summed E-state index contributed by atoms with van der Waals surface area (Å²) in [6.45, 7) is 0. The van der Waals surface area contributed by atoms with E-state index in [1.807, 2.05) is 0 Å². The van der Waals surface area contributed by atoms with Gasteiger partial charge in [-0.15, -0.1) is 0 Å². The van der Waals surface area contributed by atoms with Gasteiger partial charge in [-0.2, -0.15) is 10.2 Å². The first kappa shape index (κ1) is 22.2. The number of phenolic OH excluding ortho intramolecular Hbond substituents is 2. The van der Waals surface area contributed by atoms with Gasteiger partial charge in [0.2, 0.25) is 11.8 Å². The summed E-state index contributed by atoms with van der Waals surface area (Å²) in [6.07, 6.45) is 2.53. The zero-order chi connectivity index (χ0) is 21.9. The molecule has 0 bridgehead atoms. The minimum absolute atomic E-state index is 0.0464. The van der Waals surface area contributed by atoms with Crippen molar-refractivity contribution in [2.24, 2.45) is 10.2 Å². The third-order valence-corrected chi connectivity index (χ3v) is 3.79. The van der Waals surface area contributed by atoms with Crippen molar-refractivity contribution in [3.8, 4) is 23.0 Å². The standard InChI is InChI=1S/C20H22N4O6/c1-29-17-5-3-13(9-15(17)25)11-21-23-19(27)7-8-20(28)24-22-12-14-4-6-18(30-2)16(26)10-14/h3-6,9-12,25-26H,7-8H2,1-2H3,(H,23,27)(H,24,28)/b21-11-,22-12+. The molecule has 158 valence electrons. The van der Waals surface area contributed by atoms with Gasteiger partial charge in [0.25, 0.3) is 0 Å². The van der Waals surface area contributed by atoms with Gasteiger partial charge in [0.05, 0.1) is 26.6 Å². The lowest BCUT2D eigenvalue weighted by Crippen LogP contribution is -2.22. The highest BCUT2D eigenvalue weighted by molar-refractivity contribution is 5.87. The molecule has 0 aliphatic rings. The number of carbonyl (C=O) groups excluding carboxylic acids is 2. The number of amides is 2. The van der Waals surface area contributed by atoms with Crippen LogP contribution in [0.2, 0.25) is 0 Å². The quantitative estimate of drug-likeness (QED) is 0.362. The molecule has 0 unspecified atom stereocenters. The second-order valence-corrected chi connectivity index (χ2v) is 5.95. The average Bonchev–Trinajstić information content (AvgIpc) is 2.72. The fourth-order valence-corrected chi connectivity index (χ4v) is 2.27. The number of ether oxygens (including phenoxy) is 2. The highest BCUT2D eigenvalue weighted by atomic mass is 16.5. The Morgan fingerprint density at radius 2 is 1.23 bits per heavy atom. The van der Waals surface area contributed by atoms with Crippen molar-refractivity contribution in [2.75, 3.05) is 14.2 Å². The van der Waals surface area contributed by atoms with Gasteiger partial charge in [-0.25, -0.2) is 10.9 Å². The minimum Gasteiger partial charge on any atom is -0.504 e. The van der Waals surface area contributed by atoms with E-state index in [4.69, 9.17) is 9.47 Å². The Balaban J connectivity index is 1.73. The van der Waals surface area contributed by atoms with E-state index in [2.05, 4.69) is 21.1 Å². The Bertz CT molecular complexity index is 881. The lowest BCUT2D eigenvalue weighted by atomic mass is 10.2. The normalized spacial score (nSPS) is 10.9. The summed E-state index contributed by atoms with van der Waals surface area (Å²) in [6, 6.07) is 9.31. The highest BCUT2D eigenvalue weighted by Gasteiger charge is 2.06. The van der Waals surface area contributed by atoms with E-state index in [1.165, 1.54) is 38.8 Å². The third kappa shape index (κ3) is 6.82. The average molecular weight is 414 g/mol. The molecule has 10 heteroatoms. The SMILES string of the molecule is COc1ccc(/C=N\NC(=O)CCC(=O)N/N=C/c2ccc(OC)c(O)c2)cc1O. The van der Waals surface area contributed by atoms with Crippen molar-refractivity contribution in [1.29, 1.82) is 0 Å². The molecule has 0 aliphatic carbocycles. The van der Waals surface area contributed by atoms with Crippen LogP contribution in [-0.2, 0) is 9.59 Å². The molecule has 0 atom stereocenters. The van der Waals surface area contributed by atoms with E-state index >= 15 is 0 Å². The van der Waals surface area contributed by atoms with Crippen LogP contribution in [0.25, 0.3) is 0 Å². The maximum Gasteiger partial charge on any atom is 0.240 e. The first-order valence-electron chi connectivity index (χ1n) is 8.80. The molecule has 4 N–H and O–H groups in total. The molecule has 0 aromatic heterocycles. The summed E-state index contributed by atoms with van der Waals surface area (Å²) >= 11 is 0. The molecule has 0 aliphatic heterocycles. The maximum absolute atomic E-state index is 11.7. The summed E-state index contributed by atoms with van der Waals surface area (Å²) < 4.78 is 9.87. The number of hydrazone groups is 2. The van der Waals surface area contributed by atoms with E-state index in [-0.39, 0.29) is 24.3 Å². The van der Waals surface area contributed by atoms with E-state index in [9.17, 15) is 19.8 Å². The zero-order valence-corrected chi connectivity index (χ0v) is 16.5. The molecule has 0 saturated carbocycles. The largest absolute Gasteiger partial charge is 0.504 e. The Labute approximate surface area is 172 Å². The van der Waals surface area contributed by atoms with Crippen molar-refractivity contribution in [1.82, 2.24) is 10.9 Å². The predicted octanol–water partition coefficient (Wildman–Crippen LogP) is 1.50. The van der Waals surface area contributed by atoms with E-state index in [1.54, 1.807) is 24.3 Å². The van der Waals surface area contributed by atoms with Crippen LogP contribution in [0.1, 0.15) is 24.0 Å². The van der Waals surface area contributed by atoms with Crippen molar-refractivity contribution in [3.05, 3.63) is 47.5 Å². The minimum atomic E-state index is -0.455. The monoisotopic (exact) mass is 414 g/mol. The fraction of sp³-hybridized carbons (Fsp3) is 0.200. The molecule has 0 radical (unpaired) electrons. The van der Waals surface area contributed by atoms with Crippen LogP contribution in [-0.4, -0.2) is 48.7 Å². The van der Waals surface area contributed by atoms with Gasteiger partial charge < -0.3 is 19.7 Å². The molecular formula is C20H22N4O6. The van der Waals surface area contributed by atoms with Crippen LogP contribution in [0.5, 0.6) is 23.0 Å². The molecule has 2 aromatic carbocycles. The Kier molecular flexibility index (Phi) is 8.18. The molecule has 2 rings (SSSR count). The number of hydrogen-bond acceptors (Lipinski definition) is 8. The van der Waals surface area contributed by atoms with Crippen molar-refractivity contribution < 1.29 is 29.3 Å². The first-order chi connectivity index (χ1) is 14.4. The molecule has 0 spiro atoms. The summed E-state index contributed by atoms with van der Waals surface area (Å²) in [5.74, 6) is -0.349. The Morgan fingerprint density at radius 3 is 1.57 bits per heavy atom. The van der Waals surface area contributed by atoms with Crippen LogP contribution in [0.3, 0.4) is 0 Å². The highest BCUT2D eigenvalue weighted by Crippen LogP contribution is 2.26. The smallest absolute Gasteiger partial charge is 0.240 e. The van der Waals surface area contributed by atoms with Crippen LogP contribution in [0.4, 0.5) is 0 Å². The van der Waals surface area contributed by atoms with Crippen molar-refractivity contribution in [3.63, 3.8) is 0 Å². The van der Waals surface area contributed by atoms with Gasteiger partial charge in [0, 0.05) is 12.8 Å². The molecular weight excluding hydrogens is 392 g/mol. The molecule has 30 heavy (non-hydrogen) atoms. The lowest BCUT2D eigenvalue weighted by Gasteiger charge is -2.03. The van der Waals surface area contributed by atoms with Crippen molar-refractivity contribution in [2.45, 2.75) is 12.8 Å². The first-order valence-corrected chi connectivity index (χ1v) is 8.80. The summed E-state index contributed by atoms with van der Waals surface area (Å²) in [5.41, 5.74) is 5.71. The predicted molar refractivity (Wildman–Crippen MR) is 110 cm³/mol. The Hall–Kier alpha value is -4.08. The number of aromatic hydroxyl groups is 2. The number of phenols is 2. The van der Waals surface area contributed by atoms with Gasteiger partial charge in [0.1, 0.15) is 0 Å². The second-order valence-electron chi connectivity index (χ2n) is 5.95. The molecule has 2 aromatic rings. The van der Waals surface area contributed by atoms with Crippen molar-refractivity contribution >= 4 is 24.2 Å². The second kappa shape index (κ2) is 11.1. The topological polar surface area (TPSA) is 142 Å². The molecule has 0 heterocycles. The molecule has 2 amide bonds. The molecule has 10 nitrogen and oxygen atoms in total. The van der Waals surface area contributed by atoms with Crippen LogP contribution in [0, 0.1) is 0 Å². The molecule has 0 saturated heterocycles. The molecule has 0 fully saturated rings. The number of methoxy groups -OCH3 is 2. The number of nitrogens with zero attached hydrogens (tertiary/aromatic N) is 2. The van der Waals surface area contributed by atoms with Gasteiger partial charge in [0.15, 0.2) is 23.0 Å². The lowest BCUT2D eigenvalue weighted by molar-refractivity contribution is -0.126. The van der Waals surface area contributed by atoms with Crippen LogP contribution >= 0.6 is 0 Å². The van der Waals surface area contributed by atoms with Crippen LogP contribution < -0.4 is 20.3 Å². The van der Waals surface area contributed by atoms with E-state index in [0.29, 0.717) is 22.6 Å². The number of rotatable bonds is 9. The summed E-state index contributed by atoms with van der Waals surface area (Å²) in [4.78, 5) is 23.5. The maximum atomic E-state index is 11.7. The summed E-state index contributed by atoms with van der Waals surface area (Å²) in [5, 5.41) is 26.9. The number of carbonyl (C=O) groups is 2. The van der Waals surface area contributed by atoms with Crippen LogP contribution in [0.15, 0.2) is 46.6 Å². The van der Waals surface area contributed by atoms with Gasteiger partial charge in [-0.05, 0) is 47.5 Å². The third-order valence-electron chi connectivity index (χ3n) is 3.79.